The van der Waals surface area contributed by atoms with E-state index in [-0.39, 0.29) is 23.0 Å². The zero-order chi connectivity index (χ0) is 25.9. The van der Waals surface area contributed by atoms with Crippen molar-refractivity contribution in [3.05, 3.63) is 82.9 Å². The molecule has 4 rings (SSSR count). The zero-order valence-corrected chi connectivity index (χ0v) is 20.5. The Morgan fingerprint density at radius 2 is 1.75 bits per heavy atom. The standard InChI is InChI=1S/C26H25NO8S/c1-3-4-17-13-19(26(29)30)8-11-21(17)35-24(18-7-12-22-23(14-18)34-15-33-22)25(28)27-36(31,32)20-9-5-16(2)6-10-20/h5-14,24H,3-4,15H2,1-2H3,(H,27,28)(H,29,30). The molecule has 1 amide bonds. The van der Waals surface area contributed by atoms with Gasteiger partial charge in [0.05, 0.1) is 10.5 Å². The number of rotatable bonds is 9. The third-order valence-electron chi connectivity index (χ3n) is 5.58. The van der Waals surface area contributed by atoms with Crippen LogP contribution >= 0.6 is 0 Å². The van der Waals surface area contributed by atoms with Gasteiger partial charge in [-0.3, -0.25) is 4.79 Å². The Hall–Kier alpha value is -4.05. The lowest BCUT2D eigenvalue weighted by atomic mass is 10.0. The molecule has 0 aliphatic carbocycles. The maximum Gasteiger partial charge on any atom is 0.335 e. The van der Waals surface area contributed by atoms with Crippen molar-refractivity contribution in [2.45, 2.75) is 37.7 Å². The highest BCUT2D eigenvalue weighted by Gasteiger charge is 2.30. The lowest BCUT2D eigenvalue weighted by Crippen LogP contribution is -2.37. The predicted octanol–water partition coefficient (Wildman–Crippen LogP) is 4.00. The number of carbonyl (C=O) groups is 2. The Bertz CT molecular complexity index is 1400. The van der Waals surface area contributed by atoms with E-state index in [0.29, 0.717) is 35.5 Å². The number of aryl methyl sites for hydroxylation is 2. The molecule has 1 aliphatic heterocycles. The van der Waals surface area contributed by atoms with Gasteiger partial charge in [-0.1, -0.05) is 37.1 Å². The Labute approximate surface area is 208 Å². The molecule has 1 aliphatic rings. The van der Waals surface area contributed by atoms with E-state index in [2.05, 4.69) is 4.72 Å². The predicted molar refractivity (Wildman–Crippen MR) is 130 cm³/mol. The topological polar surface area (TPSA) is 128 Å². The van der Waals surface area contributed by atoms with E-state index in [1.54, 1.807) is 30.3 Å². The van der Waals surface area contributed by atoms with Crippen LogP contribution in [0.2, 0.25) is 0 Å². The van der Waals surface area contributed by atoms with E-state index in [9.17, 15) is 23.1 Å². The molecule has 1 heterocycles. The molecule has 10 heteroatoms. The van der Waals surface area contributed by atoms with Crippen molar-refractivity contribution in [3.63, 3.8) is 0 Å². The summed E-state index contributed by atoms with van der Waals surface area (Å²) >= 11 is 0. The van der Waals surface area contributed by atoms with Crippen molar-refractivity contribution in [1.29, 1.82) is 0 Å². The molecule has 0 saturated heterocycles. The number of carboxylic acids is 1. The summed E-state index contributed by atoms with van der Waals surface area (Å²) in [6.45, 7) is 3.77. The van der Waals surface area contributed by atoms with Crippen molar-refractivity contribution >= 4 is 21.9 Å². The summed E-state index contributed by atoms with van der Waals surface area (Å²) in [5, 5.41) is 9.36. The number of aromatic carboxylic acids is 1. The van der Waals surface area contributed by atoms with Crippen LogP contribution in [0.15, 0.2) is 65.6 Å². The maximum atomic E-state index is 13.4. The van der Waals surface area contributed by atoms with Gasteiger partial charge in [-0.15, -0.1) is 0 Å². The summed E-state index contributed by atoms with van der Waals surface area (Å²) in [4.78, 5) is 24.7. The van der Waals surface area contributed by atoms with Crippen LogP contribution in [-0.4, -0.2) is 32.2 Å². The third-order valence-corrected chi connectivity index (χ3v) is 6.94. The molecule has 9 nitrogen and oxygen atoms in total. The number of amides is 1. The molecule has 0 radical (unpaired) electrons. The van der Waals surface area contributed by atoms with Gasteiger partial charge in [-0.25, -0.2) is 17.9 Å². The molecule has 0 fully saturated rings. The number of hydrogen-bond donors (Lipinski definition) is 2. The van der Waals surface area contributed by atoms with E-state index >= 15 is 0 Å². The van der Waals surface area contributed by atoms with Crippen molar-refractivity contribution < 1.29 is 37.3 Å². The Morgan fingerprint density at radius 1 is 1.03 bits per heavy atom. The first-order chi connectivity index (χ1) is 17.2. The van der Waals surface area contributed by atoms with E-state index in [0.717, 1.165) is 5.56 Å². The molecule has 0 spiro atoms. The lowest BCUT2D eigenvalue weighted by Gasteiger charge is -2.21. The number of hydrogen-bond acceptors (Lipinski definition) is 7. The van der Waals surface area contributed by atoms with Crippen LogP contribution in [-0.2, 0) is 21.2 Å². The van der Waals surface area contributed by atoms with Gasteiger partial charge in [0.15, 0.2) is 11.5 Å². The van der Waals surface area contributed by atoms with E-state index in [1.807, 2.05) is 13.8 Å². The van der Waals surface area contributed by atoms with Gasteiger partial charge in [-0.05, 0) is 61.4 Å². The van der Waals surface area contributed by atoms with Crippen molar-refractivity contribution in [3.8, 4) is 17.2 Å². The zero-order valence-electron chi connectivity index (χ0n) is 19.7. The Kier molecular flexibility index (Phi) is 7.16. The summed E-state index contributed by atoms with van der Waals surface area (Å²) in [6, 6.07) is 15.1. The second-order valence-electron chi connectivity index (χ2n) is 8.27. The van der Waals surface area contributed by atoms with Gasteiger partial charge in [0.1, 0.15) is 5.75 Å². The minimum atomic E-state index is -4.18. The van der Waals surface area contributed by atoms with Crippen LogP contribution in [0, 0.1) is 6.92 Å². The molecule has 1 unspecified atom stereocenters. The van der Waals surface area contributed by atoms with Crippen LogP contribution < -0.4 is 18.9 Å². The SMILES string of the molecule is CCCc1cc(C(=O)O)ccc1OC(C(=O)NS(=O)(=O)c1ccc(C)cc1)c1ccc2c(c1)OCO2. The molecule has 0 aromatic heterocycles. The molecule has 188 valence electrons. The first-order valence-corrected chi connectivity index (χ1v) is 12.7. The van der Waals surface area contributed by atoms with Gasteiger partial charge in [0.2, 0.25) is 12.9 Å². The maximum absolute atomic E-state index is 13.4. The van der Waals surface area contributed by atoms with Crippen molar-refractivity contribution in [2.75, 3.05) is 6.79 Å². The fraction of sp³-hybridized carbons (Fsp3) is 0.231. The second-order valence-corrected chi connectivity index (χ2v) is 9.95. The third kappa shape index (κ3) is 5.44. The highest BCUT2D eigenvalue weighted by molar-refractivity contribution is 7.90. The van der Waals surface area contributed by atoms with Gasteiger partial charge < -0.3 is 19.3 Å². The van der Waals surface area contributed by atoms with E-state index in [4.69, 9.17) is 14.2 Å². The second kappa shape index (κ2) is 10.3. The number of carbonyl (C=O) groups excluding carboxylic acids is 1. The number of sulfonamides is 1. The fourth-order valence-electron chi connectivity index (χ4n) is 3.73. The average molecular weight is 512 g/mol. The van der Waals surface area contributed by atoms with Crippen LogP contribution in [0.3, 0.4) is 0 Å². The summed E-state index contributed by atoms with van der Waals surface area (Å²) in [5.41, 5.74) is 1.87. The van der Waals surface area contributed by atoms with Gasteiger partial charge in [0, 0.05) is 5.56 Å². The summed E-state index contributed by atoms with van der Waals surface area (Å²) < 4.78 is 44.8. The first-order valence-electron chi connectivity index (χ1n) is 11.2. The number of benzene rings is 3. The smallest absolute Gasteiger partial charge is 0.335 e. The lowest BCUT2D eigenvalue weighted by molar-refractivity contribution is -0.126. The van der Waals surface area contributed by atoms with E-state index in [1.165, 1.54) is 30.3 Å². The molecular weight excluding hydrogens is 486 g/mol. The largest absolute Gasteiger partial charge is 0.478 e. The van der Waals surface area contributed by atoms with Crippen LogP contribution in [0.25, 0.3) is 0 Å². The number of ether oxygens (including phenoxy) is 3. The van der Waals surface area contributed by atoms with Crippen LogP contribution in [0.1, 0.15) is 46.5 Å². The van der Waals surface area contributed by atoms with Crippen molar-refractivity contribution in [2.24, 2.45) is 0 Å². The summed E-state index contributed by atoms with van der Waals surface area (Å²) in [7, 11) is -4.18. The Balaban J connectivity index is 1.71. The molecule has 2 N–H and O–H groups in total. The summed E-state index contributed by atoms with van der Waals surface area (Å²) in [5.74, 6) is -0.854. The Morgan fingerprint density at radius 3 is 2.44 bits per heavy atom. The quantitative estimate of drug-likeness (QED) is 0.441. The molecule has 36 heavy (non-hydrogen) atoms. The van der Waals surface area contributed by atoms with Crippen molar-refractivity contribution in [1.82, 2.24) is 4.72 Å². The molecule has 1 atom stereocenters. The monoisotopic (exact) mass is 511 g/mol. The van der Waals surface area contributed by atoms with E-state index < -0.39 is 28.0 Å². The first kappa shape index (κ1) is 25.1. The average Bonchev–Trinajstić information content (AvgIpc) is 3.31. The molecule has 0 saturated carbocycles. The highest BCUT2D eigenvalue weighted by Crippen LogP contribution is 2.36. The molecule has 3 aromatic rings. The van der Waals surface area contributed by atoms with Gasteiger partial charge >= 0.3 is 5.97 Å². The fourth-order valence-corrected chi connectivity index (χ4v) is 4.71. The molecular formula is C26H25NO8S. The van der Waals surface area contributed by atoms with Crippen LogP contribution in [0.4, 0.5) is 0 Å². The minimum absolute atomic E-state index is 0.0234. The highest BCUT2D eigenvalue weighted by atomic mass is 32.2. The normalized spacial score (nSPS) is 13.2. The van der Waals surface area contributed by atoms with Crippen LogP contribution in [0.5, 0.6) is 17.2 Å². The number of carboxylic acid groups (broad SMARTS) is 1. The van der Waals surface area contributed by atoms with Gasteiger partial charge in [-0.2, -0.15) is 0 Å². The summed E-state index contributed by atoms with van der Waals surface area (Å²) in [6.07, 6.45) is -0.193. The van der Waals surface area contributed by atoms with Gasteiger partial charge in [0.25, 0.3) is 15.9 Å². The molecule has 0 bridgehead atoms. The number of nitrogens with one attached hydrogen (secondary N) is 1. The number of fused-ring (bicyclic) bond motifs is 1. The molecule has 3 aromatic carbocycles. The minimum Gasteiger partial charge on any atom is -0.478 e.